The lowest BCUT2D eigenvalue weighted by Gasteiger charge is -2.20. The zero-order chi connectivity index (χ0) is 25.1. The number of nitrogens with one attached hydrogen (secondary N) is 1. The molecule has 0 saturated carbocycles. The highest BCUT2D eigenvalue weighted by molar-refractivity contribution is 7.26. The minimum Gasteiger partial charge on any atom is -0.380 e. The maximum Gasteiger partial charge on any atom is 0.0702 e. The number of para-hydroxylation sites is 1. The van der Waals surface area contributed by atoms with Gasteiger partial charge in [-0.1, -0.05) is 97.1 Å². The second kappa shape index (κ2) is 8.47. The Labute approximate surface area is 224 Å². The van der Waals surface area contributed by atoms with Crippen molar-refractivity contribution in [3.05, 3.63) is 145 Å². The predicted octanol–water partition coefficient (Wildman–Crippen LogP) is 9.39. The van der Waals surface area contributed by atoms with Gasteiger partial charge in [0.15, 0.2) is 0 Å². The van der Waals surface area contributed by atoms with E-state index >= 15 is 0 Å². The predicted molar refractivity (Wildman–Crippen MR) is 163 cm³/mol. The summed E-state index contributed by atoms with van der Waals surface area (Å²) < 4.78 is 5.12. The van der Waals surface area contributed by atoms with Crippen molar-refractivity contribution >= 4 is 58.9 Å². The number of hydrogen-bond acceptors (Lipinski definition) is 2. The van der Waals surface area contributed by atoms with Crippen LogP contribution in [0.15, 0.2) is 134 Å². The van der Waals surface area contributed by atoms with E-state index in [1.807, 2.05) is 11.3 Å². The van der Waals surface area contributed by atoms with Crippen molar-refractivity contribution in [3.63, 3.8) is 0 Å². The first kappa shape index (κ1) is 21.5. The monoisotopic (exact) mass is 504 g/mol. The van der Waals surface area contributed by atoms with Crippen LogP contribution in [0, 0.1) is 0 Å². The number of fused-ring (bicyclic) bond motifs is 7. The molecule has 3 heterocycles. The van der Waals surface area contributed by atoms with Crippen molar-refractivity contribution in [1.29, 1.82) is 0 Å². The highest BCUT2D eigenvalue weighted by atomic mass is 32.1. The van der Waals surface area contributed by atoms with Gasteiger partial charge in [0.05, 0.1) is 17.1 Å². The highest BCUT2D eigenvalue weighted by Crippen LogP contribution is 2.45. The molecule has 0 bridgehead atoms. The summed E-state index contributed by atoms with van der Waals surface area (Å²) in [5, 5.41) is 9.03. The van der Waals surface area contributed by atoms with Crippen molar-refractivity contribution in [2.45, 2.75) is 6.04 Å². The molecule has 5 aromatic carbocycles. The lowest BCUT2D eigenvalue weighted by molar-refractivity contribution is 0.756. The van der Waals surface area contributed by atoms with Gasteiger partial charge < -0.3 is 9.88 Å². The fraction of sp³-hybridized carbons (Fsp3) is 0.0286. The number of aromatic nitrogens is 1. The first-order valence-electron chi connectivity index (χ1n) is 13.0. The molecule has 1 N–H and O–H groups in total. The smallest absolute Gasteiger partial charge is 0.0702 e. The van der Waals surface area contributed by atoms with Gasteiger partial charge in [0.25, 0.3) is 0 Å². The summed E-state index contributed by atoms with van der Waals surface area (Å²) in [4.78, 5) is 0. The maximum absolute atomic E-state index is 3.71. The zero-order valence-corrected chi connectivity index (χ0v) is 21.5. The van der Waals surface area contributed by atoms with Gasteiger partial charge in [0, 0.05) is 42.8 Å². The third-order valence-corrected chi connectivity index (χ3v) is 8.88. The van der Waals surface area contributed by atoms with Crippen LogP contribution in [-0.4, -0.2) is 4.57 Å². The van der Waals surface area contributed by atoms with Crippen molar-refractivity contribution in [2.24, 2.45) is 0 Å². The molecule has 1 atom stereocenters. The van der Waals surface area contributed by atoms with Gasteiger partial charge in [0.1, 0.15) is 0 Å². The standard InChI is InChI=1S/C35H24N2S/c1-3-10-23(11-4-1)24-18-20-29(36-22-24)28-15-9-16-30-33(28)34-31(37(30)25-12-5-2-6-13-25)21-19-27-26-14-7-8-17-32(26)38-35(27)34/h1-22,29,36H. The second-order valence-corrected chi connectivity index (χ2v) is 10.9. The van der Waals surface area contributed by atoms with E-state index in [0.717, 1.165) is 0 Å². The Balaban J connectivity index is 1.41. The van der Waals surface area contributed by atoms with Crippen LogP contribution in [0.4, 0.5) is 0 Å². The molecule has 1 unspecified atom stereocenters. The Morgan fingerprint density at radius 1 is 0.632 bits per heavy atom. The van der Waals surface area contributed by atoms with E-state index in [-0.39, 0.29) is 6.04 Å². The number of thiophene rings is 1. The van der Waals surface area contributed by atoms with Gasteiger partial charge in [-0.25, -0.2) is 0 Å². The molecule has 180 valence electrons. The summed E-state index contributed by atoms with van der Waals surface area (Å²) in [5.74, 6) is 0. The topological polar surface area (TPSA) is 17.0 Å². The Bertz CT molecular complexity index is 2040. The third-order valence-electron chi connectivity index (χ3n) is 7.67. The van der Waals surface area contributed by atoms with Crippen LogP contribution in [0.3, 0.4) is 0 Å². The van der Waals surface area contributed by atoms with E-state index in [2.05, 4.69) is 143 Å². The second-order valence-electron chi connectivity index (χ2n) is 9.82. The normalized spacial score (nSPS) is 15.4. The highest BCUT2D eigenvalue weighted by Gasteiger charge is 2.22. The lowest BCUT2D eigenvalue weighted by Crippen LogP contribution is -2.16. The Kier molecular flexibility index (Phi) is 4.79. The summed E-state index contributed by atoms with van der Waals surface area (Å²) in [6.07, 6.45) is 6.71. The molecule has 0 radical (unpaired) electrons. The summed E-state index contributed by atoms with van der Waals surface area (Å²) in [6, 6.07) is 41.5. The van der Waals surface area contributed by atoms with E-state index < -0.39 is 0 Å². The van der Waals surface area contributed by atoms with Crippen molar-refractivity contribution in [1.82, 2.24) is 9.88 Å². The van der Waals surface area contributed by atoms with Crippen LogP contribution in [0.5, 0.6) is 0 Å². The van der Waals surface area contributed by atoms with Gasteiger partial charge >= 0.3 is 0 Å². The molecule has 0 fully saturated rings. The molecule has 3 heteroatoms. The maximum atomic E-state index is 3.71. The molecule has 2 nitrogen and oxygen atoms in total. The van der Waals surface area contributed by atoms with Gasteiger partial charge in [-0.2, -0.15) is 0 Å². The largest absolute Gasteiger partial charge is 0.380 e. The summed E-state index contributed by atoms with van der Waals surface area (Å²) in [5.41, 5.74) is 7.39. The van der Waals surface area contributed by atoms with Gasteiger partial charge in [-0.3, -0.25) is 0 Å². The average molecular weight is 505 g/mol. The van der Waals surface area contributed by atoms with Gasteiger partial charge in [-0.05, 0) is 47.0 Å². The lowest BCUT2D eigenvalue weighted by atomic mass is 9.95. The van der Waals surface area contributed by atoms with Crippen LogP contribution < -0.4 is 5.32 Å². The Morgan fingerprint density at radius 2 is 1.39 bits per heavy atom. The number of hydrogen-bond donors (Lipinski definition) is 1. The van der Waals surface area contributed by atoms with Crippen LogP contribution in [0.2, 0.25) is 0 Å². The third kappa shape index (κ3) is 3.19. The molecule has 0 amide bonds. The van der Waals surface area contributed by atoms with E-state index in [4.69, 9.17) is 0 Å². The fourth-order valence-corrected chi connectivity index (χ4v) is 7.20. The molecule has 2 aromatic heterocycles. The van der Waals surface area contributed by atoms with E-state index in [9.17, 15) is 0 Å². The molecule has 0 aliphatic carbocycles. The van der Waals surface area contributed by atoms with E-state index in [1.165, 1.54) is 64.4 Å². The number of dihydropyridines is 1. The number of rotatable bonds is 3. The molecule has 0 saturated heterocycles. The van der Waals surface area contributed by atoms with Crippen molar-refractivity contribution in [2.75, 3.05) is 0 Å². The van der Waals surface area contributed by atoms with Crippen LogP contribution >= 0.6 is 11.3 Å². The summed E-state index contributed by atoms with van der Waals surface area (Å²) >= 11 is 1.90. The molecule has 0 spiro atoms. The number of nitrogens with zero attached hydrogens (tertiary/aromatic N) is 1. The summed E-state index contributed by atoms with van der Waals surface area (Å²) in [7, 11) is 0. The van der Waals surface area contributed by atoms with Crippen molar-refractivity contribution < 1.29 is 0 Å². The minimum absolute atomic E-state index is 0.0885. The van der Waals surface area contributed by atoms with Crippen molar-refractivity contribution in [3.8, 4) is 5.69 Å². The van der Waals surface area contributed by atoms with Gasteiger partial charge in [-0.15, -0.1) is 11.3 Å². The number of allylic oxidation sites excluding steroid dienone is 2. The average Bonchev–Trinajstić information content (AvgIpc) is 3.54. The molecule has 1 aliphatic heterocycles. The molecule has 7 aromatic rings. The minimum atomic E-state index is 0.0885. The number of benzene rings is 5. The first-order valence-corrected chi connectivity index (χ1v) is 13.8. The fourth-order valence-electron chi connectivity index (χ4n) is 5.95. The molecule has 1 aliphatic rings. The molecular weight excluding hydrogens is 480 g/mol. The summed E-state index contributed by atoms with van der Waals surface area (Å²) in [6.45, 7) is 0. The first-order chi connectivity index (χ1) is 18.9. The Hall–Kier alpha value is -4.60. The van der Waals surface area contributed by atoms with Gasteiger partial charge in [0.2, 0.25) is 0 Å². The van der Waals surface area contributed by atoms with Crippen LogP contribution in [-0.2, 0) is 0 Å². The Morgan fingerprint density at radius 3 is 2.21 bits per heavy atom. The van der Waals surface area contributed by atoms with E-state index in [1.54, 1.807) is 0 Å². The van der Waals surface area contributed by atoms with Crippen LogP contribution in [0.1, 0.15) is 17.2 Å². The SMILES string of the molecule is C1=CC(c2cccc3c2c2c4sc5ccccc5c4ccc2n3-c2ccccc2)NC=C1c1ccccc1. The molecule has 38 heavy (non-hydrogen) atoms. The zero-order valence-electron chi connectivity index (χ0n) is 20.6. The van der Waals surface area contributed by atoms with E-state index in [0.29, 0.717) is 0 Å². The molecular formula is C35H24N2S. The quantitative estimate of drug-likeness (QED) is 0.254. The van der Waals surface area contributed by atoms with Crippen LogP contribution in [0.25, 0.3) is 53.2 Å². The molecule has 8 rings (SSSR count).